The van der Waals surface area contributed by atoms with Crippen LogP contribution in [0.15, 0.2) is 24.3 Å². The number of benzene rings is 1. The molecule has 1 N–H and O–H groups in total. The number of carbonyl (C=O) groups excluding carboxylic acids is 1. The molecule has 0 bridgehead atoms. The molecule has 1 heterocycles. The summed E-state index contributed by atoms with van der Waals surface area (Å²) in [6.07, 6.45) is -0.248. The normalized spacial score (nSPS) is 18.8. The number of carboxylic acids is 1. The molecular weight excluding hydrogens is 332 g/mol. The molecule has 0 radical (unpaired) electrons. The van der Waals surface area contributed by atoms with Crippen LogP contribution in [0.3, 0.4) is 0 Å². The molecule has 0 aliphatic carbocycles. The standard InChI is InChI=1S/C20H30N2O4/c1-14(2)17-13-21(10-11-22(17)19(25)26-20(3,4)5)12-15-6-8-16(9-7-15)18(23)24/h6-9,14,17H,10-13H2,1-5H3,(H,23,24). The Morgan fingerprint density at radius 3 is 2.31 bits per heavy atom. The average Bonchev–Trinajstić information content (AvgIpc) is 2.53. The van der Waals surface area contributed by atoms with Crippen LogP contribution < -0.4 is 0 Å². The number of amides is 1. The lowest BCUT2D eigenvalue weighted by Crippen LogP contribution is -2.57. The van der Waals surface area contributed by atoms with Crippen molar-refractivity contribution in [2.75, 3.05) is 19.6 Å². The van der Waals surface area contributed by atoms with Crippen LogP contribution in [-0.4, -0.2) is 58.2 Å². The van der Waals surface area contributed by atoms with E-state index in [2.05, 4.69) is 18.7 Å². The van der Waals surface area contributed by atoms with E-state index in [1.165, 1.54) is 0 Å². The van der Waals surface area contributed by atoms with Crippen LogP contribution >= 0.6 is 0 Å². The summed E-state index contributed by atoms with van der Waals surface area (Å²) in [7, 11) is 0. The molecule has 144 valence electrons. The van der Waals surface area contributed by atoms with Crippen LogP contribution in [0.2, 0.25) is 0 Å². The van der Waals surface area contributed by atoms with E-state index < -0.39 is 11.6 Å². The molecule has 6 nitrogen and oxygen atoms in total. The van der Waals surface area contributed by atoms with Gasteiger partial charge in [-0.1, -0.05) is 26.0 Å². The Balaban J connectivity index is 2.02. The van der Waals surface area contributed by atoms with Gasteiger partial charge in [0.25, 0.3) is 0 Å². The van der Waals surface area contributed by atoms with Crippen molar-refractivity contribution in [1.82, 2.24) is 9.80 Å². The Kier molecular flexibility index (Phi) is 6.29. The predicted molar refractivity (Wildman–Crippen MR) is 100 cm³/mol. The zero-order chi connectivity index (χ0) is 19.5. The van der Waals surface area contributed by atoms with Crippen LogP contribution in [-0.2, 0) is 11.3 Å². The average molecular weight is 362 g/mol. The molecule has 1 fully saturated rings. The Bertz CT molecular complexity index is 634. The van der Waals surface area contributed by atoms with Crippen molar-refractivity contribution < 1.29 is 19.4 Å². The third-order valence-corrected chi connectivity index (χ3v) is 4.51. The molecule has 2 rings (SSSR count). The fraction of sp³-hybridized carbons (Fsp3) is 0.600. The largest absolute Gasteiger partial charge is 0.478 e. The van der Waals surface area contributed by atoms with Gasteiger partial charge >= 0.3 is 12.1 Å². The smallest absolute Gasteiger partial charge is 0.410 e. The molecule has 1 saturated heterocycles. The molecule has 1 atom stereocenters. The summed E-state index contributed by atoms with van der Waals surface area (Å²) in [5, 5.41) is 8.99. The van der Waals surface area contributed by atoms with Crippen molar-refractivity contribution in [2.24, 2.45) is 5.92 Å². The van der Waals surface area contributed by atoms with Gasteiger partial charge in [0.1, 0.15) is 5.60 Å². The molecule has 1 aromatic carbocycles. The number of rotatable bonds is 4. The summed E-state index contributed by atoms with van der Waals surface area (Å²) in [6.45, 7) is 12.8. The van der Waals surface area contributed by atoms with E-state index >= 15 is 0 Å². The first kappa shape index (κ1) is 20.2. The fourth-order valence-corrected chi connectivity index (χ4v) is 3.14. The summed E-state index contributed by atoms with van der Waals surface area (Å²) < 4.78 is 5.56. The van der Waals surface area contributed by atoms with Gasteiger partial charge in [0, 0.05) is 26.2 Å². The van der Waals surface area contributed by atoms with Gasteiger partial charge in [0.2, 0.25) is 0 Å². The summed E-state index contributed by atoms with van der Waals surface area (Å²) in [6, 6.07) is 7.07. The van der Waals surface area contributed by atoms with Gasteiger partial charge in [-0.3, -0.25) is 4.90 Å². The van der Waals surface area contributed by atoms with E-state index in [1.54, 1.807) is 12.1 Å². The Labute approximate surface area is 155 Å². The third-order valence-electron chi connectivity index (χ3n) is 4.51. The number of carbonyl (C=O) groups is 2. The first-order valence-corrected chi connectivity index (χ1v) is 9.11. The van der Waals surface area contributed by atoms with E-state index in [9.17, 15) is 9.59 Å². The van der Waals surface area contributed by atoms with Crippen molar-refractivity contribution >= 4 is 12.1 Å². The predicted octanol–water partition coefficient (Wildman–Crippen LogP) is 3.46. The quantitative estimate of drug-likeness (QED) is 0.888. The maximum atomic E-state index is 12.5. The maximum Gasteiger partial charge on any atom is 0.410 e. The fourth-order valence-electron chi connectivity index (χ4n) is 3.14. The molecule has 0 saturated carbocycles. The number of aromatic carboxylic acids is 1. The van der Waals surface area contributed by atoms with Gasteiger partial charge < -0.3 is 14.7 Å². The molecule has 1 aliphatic heterocycles. The van der Waals surface area contributed by atoms with Crippen molar-refractivity contribution in [1.29, 1.82) is 0 Å². The number of nitrogens with zero attached hydrogens (tertiary/aromatic N) is 2. The number of piperazine rings is 1. The Morgan fingerprint density at radius 2 is 1.81 bits per heavy atom. The molecule has 26 heavy (non-hydrogen) atoms. The van der Waals surface area contributed by atoms with Gasteiger partial charge in [0.05, 0.1) is 11.6 Å². The van der Waals surface area contributed by atoms with Crippen LogP contribution in [0, 0.1) is 5.92 Å². The number of hydrogen-bond donors (Lipinski definition) is 1. The van der Waals surface area contributed by atoms with Crippen LogP contribution in [0.1, 0.15) is 50.5 Å². The summed E-state index contributed by atoms with van der Waals surface area (Å²) in [5.41, 5.74) is 0.869. The first-order chi connectivity index (χ1) is 12.1. The van der Waals surface area contributed by atoms with Crippen LogP contribution in [0.25, 0.3) is 0 Å². The summed E-state index contributed by atoms with van der Waals surface area (Å²) >= 11 is 0. The molecule has 1 aromatic rings. The lowest BCUT2D eigenvalue weighted by Gasteiger charge is -2.43. The summed E-state index contributed by atoms with van der Waals surface area (Å²) in [4.78, 5) is 27.6. The zero-order valence-electron chi connectivity index (χ0n) is 16.4. The zero-order valence-corrected chi connectivity index (χ0v) is 16.4. The van der Waals surface area contributed by atoms with Crippen molar-refractivity contribution in [3.8, 4) is 0 Å². The van der Waals surface area contributed by atoms with Gasteiger partial charge in [-0.25, -0.2) is 9.59 Å². The summed E-state index contributed by atoms with van der Waals surface area (Å²) in [5.74, 6) is -0.595. The van der Waals surface area contributed by atoms with Crippen molar-refractivity contribution in [2.45, 2.75) is 52.8 Å². The van der Waals surface area contributed by atoms with E-state index in [-0.39, 0.29) is 12.1 Å². The second kappa shape index (κ2) is 8.08. The molecule has 0 aromatic heterocycles. The molecular formula is C20H30N2O4. The van der Waals surface area contributed by atoms with Crippen molar-refractivity contribution in [3.63, 3.8) is 0 Å². The van der Waals surface area contributed by atoms with Gasteiger partial charge in [-0.05, 0) is 44.4 Å². The minimum Gasteiger partial charge on any atom is -0.478 e. The number of hydrogen-bond acceptors (Lipinski definition) is 4. The van der Waals surface area contributed by atoms with E-state index in [0.29, 0.717) is 18.0 Å². The van der Waals surface area contributed by atoms with Gasteiger partial charge in [-0.15, -0.1) is 0 Å². The van der Waals surface area contributed by atoms with Gasteiger partial charge in [-0.2, -0.15) is 0 Å². The second-order valence-electron chi connectivity index (χ2n) is 8.22. The van der Waals surface area contributed by atoms with Crippen LogP contribution in [0.5, 0.6) is 0 Å². The highest BCUT2D eigenvalue weighted by Crippen LogP contribution is 2.22. The Morgan fingerprint density at radius 1 is 1.19 bits per heavy atom. The molecule has 1 aliphatic rings. The number of carboxylic acid groups (broad SMARTS) is 1. The minimum absolute atomic E-state index is 0.0943. The minimum atomic E-state index is -0.914. The maximum absolute atomic E-state index is 12.5. The first-order valence-electron chi connectivity index (χ1n) is 9.11. The highest BCUT2D eigenvalue weighted by Gasteiger charge is 2.34. The van der Waals surface area contributed by atoms with Crippen molar-refractivity contribution in [3.05, 3.63) is 35.4 Å². The highest BCUT2D eigenvalue weighted by atomic mass is 16.6. The van der Waals surface area contributed by atoms with Gasteiger partial charge in [0.15, 0.2) is 0 Å². The topological polar surface area (TPSA) is 70.1 Å². The van der Waals surface area contributed by atoms with E-state index in [4.69, 9.17) is 9.84 Å². The molecule has 1 amide bonds. The lowest BCUT2D eigenvalue weighted by molar-refractivity contribution is -0.0106. The monoisotopic (exact) mass is 362 g/mol. The van der Waals surface area contributed by atoms with E-state index in [1.807, 2.05) is 37.8 Å². The van der Waals surface area contributed by atoms with E-state index in [0.717, 1.165) is 25.2 Å². The molecule has 0 spiro atoms. The second-order valence-corrected chi connectivity index (χ2v) is 8.22. The SMILES string of the molecule is CC(C)C1CN(Cc2ccc(C(=O)O)cc2)CCN1C(=O)OC(C)(C)C. The Hall–Kier alpha value is -2.08. The third kappa shape index (κ3) is 5.46. The number of ether oxygens (including phenoxy) is 1. The molecule has 6 heteroatoms. The molecule has 1 unspecified atom stereocenters. The van der Waals surface area contributed by atoms with Crippen LogP contribution in [0.4, 0.5) is 4.79 Å². The lowest BCUT2D eigenvalue weighted by atomic mass is 9.99. The highest BCUT2D eigenvalue weighted by molar-refractivity contribution is 5.87.